The van der Waals surface area contributed by atoms with Crippen LogP contribution < -0.4 is 0 Å². The van der Waals surface area contributed by atoms with Gasteiger partial charge in [-0.15, -0.1) is 0 Å². The van der Waals surface area contributed by atoms with E-state index >= 15 is 0 Å². The van der Waals surface area contributed by atoms with Crippen molar-refractivity contribution in [2.75, 3.05) is 13.2 Å². The maximum Gasteiger partial charge on any atom is 0.375 e. The van der Waals surface area contributed by atoms with Crippen molar-refractivity contribution in [1.29, 1.82) is 0 Å². The molecule has 14 heavy (non-hydrogen) atoms. The van der Waals surface area contributed by atoms with Crippen molar-refractivity contribution in [3.63, 3.8) is 0 Å². The second-order valence-electron chi connectivity index (χ2n) is 2.36. The highest BCUT2D eigenvalue weighted by atomic mass is 17.1. The van der Waals surface area contributed by atoms with Crippen LogP contribution in [0.25, 0.3) is 0 Å². The van der Waals surface area contributed by atoms with E-state index in [4.69, 9.17) is 14.7 Å². The smallest absolute Gasteiger partial charge is 0.375 e. The fraction of sp³-hybridized carbons (Fsp3) is 0.667. The molecule has 0 saturated heterocycles. The summed E-state index contributed by atoms with van der Waals surface area (Å²) in [6.07, 6.45) is 0.370. The van der Waals surface area contributed by atoms with Crippen molar-refractivity contribution in [2.24, 2.45) is 0 Å². The van der Waals surface area contributed by atoms with Gasteiger partial charge < -0.3 is 9.47 Å². The monoisotopic (exact) mass is 204 g/mol. The molecule has 0 atom stereocenters. The maximum absolute atomic E-state index is 11.0. The van der Waals surface area contributed by atoms with Gasteiger partial charge in [0.1, 0.15) is 5.57 Å². The lowest BCUT2D eigenvalue weighted by Gasteiger charge is -2.11. The summed E-state index contributed by atoms with van der Waals surface area (Å²) in [5.74, 6) is -0.721. The van der Waals surface area contributed by atoms with E-state index in [-0.39, 0.29) is 11.5 Å². The summed E-state index contributed by atoms with van der Waals surface area (Å²) in [6, 6.07) is 0. The van der Waals surface area contributed by atoms with Gasteiger partial charge in [-0.2, -0.15) is 5.26 Å². The first kappa shape index (κ1) is 12.8. The second-order valence-corrected chi connectivity index (χ2v) is 2.36. The molecule has 0 rings (SSSR count). The Morgan fingerprint density at radius 1 is 1.14 bits per heavy atom. The molecule has 0 saturated carbocycles. The number of carbonyl (C=O) groups is 1. The van der Waals surface area contributed by atoms with Crippen molar-refractivity contribution in [3.05, 3.63) is 11.5 Å². The Morgan fingerprint density at radius 2 is 1.64 bits per heavy atom. The fourth-order valence-electron chi connectivity index (χ4n) is 0.905. The van der Waals surface area contributed by atoms with Crippen molar-refractivity contribution in [2.45, 2.75) is 27.2 Å². The molecule has 0 spiro atoms. The molecule has 0 aromatic rings. The molecule has 1 N–H and O–H groups in total. The molecular formula is C9H16O5. The summed E-state index contributed by atoms with van der Waals surface area (Å²) in [6.45, 7) is 6.06. The molecule has 0 aromatic heterocycles. The minimum absolute atomic E-state index is 0.122. The van der Waals surface area contributed by atoms with Gasteiger partial charge in [0.25, 0.3) is 5.95 Å². The van der Waals surface area contributed by atoms with Crippen LogP contribution in [0.5, 0.6) is 0 Å². The minimum atomic E-state index is -0.843. The van der Waals surface area contributed by atoms with Crippen LogP contribution in [0.1, 0.15) is 27.2 Å². The molecule has 0 amide bonds. The molecule has 0 unspecified atom stereocenters. The largest absolute Gasteiger partial charge is 0.465 e. The zero-order chi connectivity index (χ0) is 11.0. The quantitative estimate of drug-likeness (QED) is 0.309. The van der Waals surface area contributed by atoms with Gasteiger partial charge in [0.2, 0.25) is 0 Å². The Bertz CT molecular complexity index is 201. The third kappa shape index (κ3) is 3.66. The number of hydrogen-bond acceptors (Lipinski definition) is 5. The van der Waals surface area contributed by atoms with E-state index in [1.165, 1.54) is 0 Å². The minimum Gasteiger partial charge on any atom is -0.465 e. The summed E-state index contributed by atoms with van der Waals surface area (Å²) < 4.78 is 10.2. The Labute approximate surface area is 83.2 Å². The van der Waals surface area contributed by atoms with Crippen LogP contribution in [-0.4, -0.2) is 24.4 Å². The molecule has 0 aliphatic rings. The molecule has 0 aliphatic carbocycles. The molecule has 0 heterocycles. The fourth-order valence-corrected chi connectivity index (χ4v) is 0.905. The Morgan fingerprint density at radius 3 is 1.93 bits per heavy atom. The van der Waals surface area contributed by atoms with Gasteiger partial charge >= 0.3 is 5.97 Å². The van der Waals surface area contributed by atoms with Crippen LogP contribution in [0.2, 0.25) is 0 Å². The van der Waals surface area contributed by atoms with Gasteiger partial charge in [-0.1, -0.05) is 6.92 Å². The lowest BCUT2D eigenvalue weighted by atomic mass is 10.2. The third-order valence-corrected chi connectivity index (χ3v) is 1.48. The highest BCUT2D eigenvalue weighted by Gasteiger charge is 2.18. The average Bonchev–Trinajstić information content (AvgIpc) is 2.19. The highest BCUT2D eigenvalue weighted by molar-refractivity contribution is 5.88. The van der Waals surface area contributed by atoms with Gasteiger partial charge in [0.05, 0.1) is 13.2 Å². The van der Waals surface area contributed by atoms with Crippen LogP contribution >= 0.6 is 0 Å². The van der Waals surface area contributed by atoms with E-state index in [2.05, 4.69) is 4.89 Å². The van der Waals surface area contributed by atoms with E-state index in [1.54, 1.807) is 20.8 Å². The first-order valence-corrected chi connectivity index (χ1v) is 4.55. The summed E-state index contributed by atoms with van der Waals surface area (Å²) in [4.78, 5) is 14.7. The molecule has 0 radical (unpaired) electrons. The van der Waals surface area contributed by atoms with Gasteiger partial charge in [0, 0.05) is 0 Å². The molecule has 0 aromatic carbocycles. The second kappa shape index (κ2) is 7.20. The zero-order valence-corrected chi connectivity index (χ0v) is 8.70. The molecule has 5 nitrogen and oxygen atoms in total. The number of ether oxygens (including phenoxy) is 2. The summed E-state index contributed by atoms with van der Waals surface area (Å²) in [7, 11) is 0. The molecule has 0 fully saturated rings. The lowest BCUT2D eigenvalue weighted by Crippen LogP contribution is -2.11. The zero-order valence-electron chi connectivity index (χ0n) is 8.70. The van der Waals surface area contributed by atoms with E-state index < -0.39 is 5.97 Å². The molecule has 0 bridgehead atoms. The molecular weight excluding hydrogens is 188 g/mol. The van der Waals surface area contributed by atoms with E-state index in [0.717, 1.165) is 0 Å². The van der Waals surface area contributed by atoms with Crippen LogP contribution in [0, 0.1) is 0 Å². The van der Waals surface area contributed by atoms with E-state index in [0.29, 0.717) is 19.6 Å². The van der Waals surface area contributed by atoms with Crippen molar-refractivity contribution in [1.82, 2.24) is 0 Å². The summed E-state index contributed by atoms with van der Waals surface area (Å²) in [5.41, 5.74) is 0.191. The first-order valence-electron chi connectivity index (χ1n) is 4.55. The van der Waals surface area contributed by atoms with E-state index in [9.17, 15) is 4.79 Å². The SMILES string of the molecule is CCOC(OCC)=C(CC)C(=O)OO. The lowest BCUT2D eigenvalue weighted by molar-refractivity contribution is -0.230. The Balaban J connectivity index is 4.76. The first-order chi connectivity index (χ1) is 6.71. The van der Waals surface area contributed by atoms with Crippen molar-refractivity contribution < 1.29 is 24.4 Å². The Kier molecular flexibility index (Phi) is 6.57. The van der Waals surface area contributed by atoms with Crippen LogP contribution in [0.3, 0.4) is 0 Å². The molecule has 5 heteroatoms. The Hall–Kier alpha value is -1.23. The van der Waals surface area contributed by atoms with Gasteiger partial charge in [-0.25, -0.2) is 4.79 Å². The predicted molar refractivity (Wildman–Crippen MR) is 49.3 cm³/mol. The van der Waals surface area contributed by atoms with Gasteiger partial charge in [-0.3, -0.25) is 4.89 Å². The molecule has 82 valence electrons. The van der Waals surface area contributed by atoms with Crippen LogP contribution in [0.15, 0.2) is 11.5 Å². The van der Waals surface area contributed by atoms with Gasteiger partial charge in [-0.05, 0) is 20.3 Å². The normalized spacial score (nSPS) is 9.14. The van der Waals surface area contributed by atoms with E-state index in [1.807, 2.05) is 0 Å². The molecule has 0 aliphatic heterocycles. The number of rotatable bonds is 6. The summed E-state index contributed by atoms with van der Waals surface area (Å²) in [5, 5.41) is 8.23. The van der Waals surface area contributed by atoms with Crippen LogP contribution in [0.4, 0.5) is 0 Å². The third-order valence-electron chi connectivity index (χ3n) is 1.48. The van der Waals surface area contributed by atoms with Crippen molar-refractivity contribution >= 4 is 5.97 Å². The van der Waals surface area contributed by atoms with Crippen LogP contribution in [-0.2, 0) is 19.2 Å². The van der Waals surface area contributed by atoms with Gasteiger partial charge in [0.15, 0.2) is 0 Å². The average molecular weight is 204 g/mol. The number of hydrogen-bond donors (Lipinski definition) is 1. The maximum atomic E-state index is 11.0. The van der Waals surface area contributed by atoms with Crippen molar-refractivity contribution in [3.8, 4) is 0 Å². The number of carbonyl (C=O) groups excluding carboxylic acids is 1. The topological polar surface area (TPSA) is 65.0 Å². The highest BCUT2D eigenvalue weighted by Crippen LogP contribution is 2.13. The predicted octanol–water partition coefficient (Wildman–Crippen LogP) is 1.70. The standard InChI is InChI=1S/C9H16O5/c1-4-7(8(10)14-11)9(12-5-2)13-6-3/h11H,4-6H2,1-3H3. The summed E-state index contributed by atoms with van der Waals surface area (Å²) >= 11 is 0.